The highest BCUT2D eigenvalue weighted by Crippen LogP contribution is 2.36. The summed E-state index contributed by atoms with van der Waals surface area (Å²) in [5, 5.41) is 0. The lowest BCUT2D eigenvalue weighted by Crippen LogP contribution is -1.98. The lowest BCUT2D eigenvalue weighted by Gasteiger charge is -2.03. The number of hydrogen-bond acceptors (Lipinski definition) is 0. The Kier molecular flexibility index (Phi) is 5.06. The van der Waals surface area contributed by atoms with Crippen molar-refractivity contribution in [1.29, 1.82) is 0 Å². The molecule has 61 valence electrons. The van der Waals surface area contributed by atoms with Crippen LogP contribution in [-0.4, -0.2) is 12.1 Å². The maximum Gasteiger partial charge on any atom is 0.409 e. The third-order valence-corrected chi connectivity index (χ3v) is 1.95. The number of rotatable bonds is 4. The van der Waals surface area contributed by atoms with Gasteiger partial charge in [-0.25, -0.2) is 0 Å². The van der Waals surface area contributed by atoms with Gasteiger partial charge < -0.3 is 0 Å². The fourth-order valence-electron chi connectivity index (χ4n) is 0.568. The molecule has 0 nitrogen and oxygen atoms in total. The van der Waals surface area contributed by atoms with Gasteiger partial charge in [0.1, 0.15) is 0 Å². The zero-order valence-corrected chi connectivity index (χ0v) is 6.80. The molecule has 0 aliphatic heterocycles. The van der Waals surface area contributed by atoms with Crippen LogP contribution in [0.5, 0.6) is 0 Å². The molecule has 0 saturated carbocycles. The number of alkyl halides is 3. The quantitative estimate of drug-likeness (QED) is 0.447. The molecular weight excluding hydrogens is 160 g/mol. The summed E-state index contributed by atoms with van der Waals surface area (Å²) in [6.45, 7) is 1.98. The molecule has 0 fully saturated rings. The Bertz CT molecular complexity index is 79.6. The van der Waals surface area contributed by atoms with Crippen molar-refractivity contribution in [2.45, 2.75) is 32.1 Å². The number of hydrogen-bond donors (Lipinski definition) is 0. The van der Waals surface area contributed by atoms with Crippen molar-refractivity contribution >= 4 is 8.58 Å². The molecule has 0 aliphatic rings. The van der Waals surface area contributed by atoms with Crippen LogP contribution in [0.1, 0.15) is 26.2 Å². The van der Waals surface area contributed by atoms with E-state index in [-0.39, 0.29) is 14.7 Å². The predicted octanol–water partition coefficient (Wildman–Crippen LogP) is 3.64. The van der Waals surface area contributed by atoms with E-state index >= 15 is 0 Å². The second-order valence-electron chi connectivity index (χ2n) is 2.06. The van der Waals surface area contributed by atoms with Crippen LogP contribution in [-0.2, 0) is 0 Å². The zero-order chi connectivity index (χ0) is 8.04. The monoisotopic (exact) mass is 171 g/mol. The molecule has 0 heterocycles. The van der Waals surface area contributed by atoms with Crippen LogP contribution < -0.4 is 0 Å². The zero-order valence-electron chi connectivity index (χ0n) is 5.91. The van der Waals surface area contributed by atoms with Crippen LogP contribution in [0.15, 0.2) is 0 Å². The molecule has 4 heteroatoms. The van der Waals surface area contributed by atoms with Gasteiger partial charge >= 0.3 is 5.92 Å². The van der Waals surface area contributed by atoms with Crippen molar-refractivity contribution in [3.05, 3.63) is 0 Å². The van der Waals surface area contributed by atoms with Crippen LogP contribution in [0, 0.1) is 0 Å². The second-order valence-corrected chi connectivity index (χ2v) is 3.33. The van der Waals surface area contributed by atoms with Gasteiger partial charge in [-0.3, -0.25) is 0 Å². The highest BCUT2D eigenvalue weighted by atomic mass is 31.1. The molecule has 0 N–H and O–H groups in total. The Hall–Kier alpha value is 0.220. The van der Waals surface area contributed by atoms with Gasteiger partial charge in [0.05, 0.1) is 0 Å². The minimum Gasteiger partial charge on any atom is -0.167 e. The van der Waals surface area contributed by atoms with E-state index in [1.54, 1.807) is 0 Å². The van der Waals surface area contributed by atoms with Gasteiger partial charge in [-0.15, -0.1) is 0 Å². The molecular formula is C6H11F3P. The summed E-state index contributed by atoms with van der Waals surface area (Å²) < 4.78 is 34.4. The summed E-state index contributed by atoms with van der Waals surface area (Å²) in [5.74, 6) is -3.98. The van der Waals surface area contributed by atoms with Gasteiger partial charge in [-0.1, -0.05) is 19.8 Å². The largest absolute Gasteiger partial charge is 0.409 e. The third-order valence-electron chi connectivity index (χ3n) is 1.05. The second kappa shape index (κ2) is 4.95. The Morgan fingerprint density at radius 2 is 1.80 bits per heavy atom. The minimum atomic E-state index is -3.98. The molecule has 0 bridgehead atoms. The van der Waals surface area contributed by atoms with Gasteiger partial charge in [0.15, 0.2) is 0 Å². The fraction of sp³-hybridized carbons (Fsp3) is 1.00. The van der Waals surface area contributed by atoms with Crippen molar-refractivity contribution in [3.8, 4) is 0 Å². The summed E-state index contributed by atoms with van der Waals surface area (Å²) >= 11 is 0. The van der Waals surface area contributed by atoms with Crippen LogP contribution in [0.2, 0.25) is 0 Å². The van der Waals surface area contributed by atoms with E-state index in [2.05, 4.69) is 0 Å². The van der Waals surface area contributed by atoms with E-state index in [4.69, 9.17) is 0 Å². The predicted molar refractivity (Wildman–Crippen MR) is 37.4 cm³/mol. The van der Waals surface area contributed by atoms with E-state index < -0.39 is 5.92 Å². The number of halogens is 3. The standard InChI is InChI=1S/C6H11F3P/c1-2-3-4-5-10-6(7,8)9/h2-5H2,1H3. The molecule has 0 aliphatic carbocycles. The first kappa shape index (κ1) is 10.2. The van der Waals surface area contributed by atoms with E-state index in [1.165, 1.54) is 0 Å². The highest BCUT2D eigenvalue weighted by molar-refractivity contribution is 7.39. The Morgan fingerprint density at radius 1 is 1.20 bits per heavy atom. The van der Waals surface area contributed by atoms with E-state index in [0.29, 0.717) is 6.42 Å². The SMILES string of the molecule is CCCCC[P]C(F)(F)F. The lowest BCUT2D eigenvalue weighted by atomic mass is 10.3. The molecule has 0 amide bonds. The molecule has 0 spiro atoms. The summed E-state index contributed by atoms with van der Waals surface area (Å²) in [6, 6.07) is 0. The molecule has 10 heavy (non-hydrogen) atoms. The summed E-state index contributed by atoms with van der Waals surface area (Å²) in [6.07, 6.45) is 2.84. The Balaban J connectivity index is 3.04. The molecule has 0 aromatic carbocycles. The summed E-state index contributed by atoms with van der Waals surface area (Å²) in [4.78, 5) is 0. The maximum atomic E-state index is 11.5. The highest BCUT2D eigenvalue weighted by Gasteiger charge is 2.26. The first-order valence-corrected chi connectivity index (χ1v) is 4.39. The lowest BCUT2D eigenvalue weighted by molar-refractivity contribution is -0.0370. The maximum absolute atomic E-state index is 11.5. The average molecular weight is 171 g/mol. The van der Waals surface area contributed by atoms with Gasteiger partial charge in [-0.2, -0.15) is 13.2 Å². The van der Waals surface area contributed by atoms with Crippen molar-refractivity contribution < 1.29 is 13.2 Å². The van der Waals surface area contributed by atoms with Crippen molar-refractivity contribution in [2.24, 2.45) is 0 Å². The smallest absolute Gasteiger partial charge is 0.167 e. The number of unbranched alkanes of at least 4 members (excludes halogenated alkanes) is 2. The Labute approximate surface area is 61.0 Å². The third kappa shape index (κ3) is 8.22. The fourth-order valence-corrected chi connectivity index (χ4v) is 1.20. The van der Waals surface area contributed by atoms with E-state index in [0.717, 1.165) is 12.8 Å². The van der Waals surface area contributed by atoms with Crippen molar-refractivity contribution in [1.82, 2.24) is 0 Å². The van der Waals surface area contributed by atoms with Crippen LogP contribution >= 0.6 is 8.58 Å². The van der Waals surface area contributed by atoms with Crippen molar-refractivity contribution in [2.75, 3.05) is 6.16 Å². The normalized spacial score (nSPS) is 13.2. The average Bonchev–Trinajstić information content (AvgIpc) is 1.78. The minimum absolute atomic E-state index is 0.261. The van der Waals surface area contributed by atoms with Crippen LogP contribution in [0.25, 0.3) is 0 Å². The van der Waals surface area contributed by atoms with Gasteiger partial charge in [0.2, 0.25) is 0 Å². The molecule has 0 unspecified atom stereocenters. The molecule has 1 radical (unpaired) electrons. The van der Waals surface area contributed by atoms with E-state index in [1.807, 2.05) is 6.92 Å². The first-order valence-electron chi connectivity index (χ1n) is 3.31. The molecule has 0 aromatic rings. The molecule has 0 aromatic heterocycles. The molecule has 0 saturated heterocycles. The summed E-state index contributed by atoms with van der Waals surface area (Å²) in [5.41, 5.74) is 0. The molecule has 0 atom stereocenters. The van der Waals surface area contributed by atoms with Gasteiger partial charge in [0.25, 0.3) is 0 Å². The van der Waals surface area contributed by atoms with Gasteiger partial charge in [0, 0.05) is 8.58 Å². The van der Waals surface area contributed by atoms with Crippen molar-refractivity contribution in [3.63, 3.8) is 0 Å². The first-order chi connectivity index (χ1) is 4.56. The van der Waals surface area contributed by atoms with Crippen LogP contribution in [0.4, 0.5) is 13.2 Å². The summed E-state index contributed by atoms with van der Waals surface area (Å²) in [7, 11) is -0.388. The van der Waals surface area contributed by atoms with Gasteiger partial charge in [-0.05, 0) is 12.6 Å². The Morgan fingerprint density at radius 3 is 2.20 bits per heavy atom. The van der Waals surface area contributed by atoms with Crippen LogP contribution in [0.3, 0.4) is 0 Å². The molecule has 0 rings (SSSR count). The van der Waals surface area contributed by atoms with E-state index in [9.17, 15) is 13.2 Å². The topological polar surface area (TPSA) is 0 Å².